The number of hydrogen-bond acceptors (Lipinski definition) is 3. The van der Waals surface area contributed by atoms with Crippen LogP contribution in [0.25, 0.3) is 21.9 Å². The van der Waals surface area contributed by atoms with Crippen LogP contribution in [-0.2, 0) is 0 Å². The summed E-state index contributed by atoms with van der Waals surface area (Å²) in [5.74, 6) is 0.523. The van der Waals surface area contributed by atoms with Crippen LogP contribution in [0, 0.1) is 0 Å². The Balaban J connectivity index is 2.35. The molecule has 0 saturated carbocycles. The van der Waals surface area contributed by atoms with Crippen molar-refractivity contribution >= 4 is 21.9 Å². The molecule has 1 atom stereocenters. The Hall–Kier alpha value is -2.55. The minimum Gasteiger partial charge on any atom is -0.486 e. The lowest BCUT2D eigenvalue weighted by Crippen LogP contribution is -2.11. The van der Waals surface area contributed by atoms with Crippen molar-refractivity contribution in [2.75, 3.05) is 0 Å². The normalized spacial score (nSPS) is 12.4. The average molecular weight is 266 g/mol. The van der Waals surface area contributed by atoms with Gasteiger partial charge in [-0.05, 0) is 31.2 Å². The van der Waals surface area contributed by atoms with E-state index in [1.807, 2.05) is 25.1 Å². The predicted molar refractivity (Wildman–Crippen MR) is 80.3 cm³/mol. The molecule has 1 aromatic heterocycles. The lowest BCUT2D eigenvalue weighted by molar-refractivity contribution is 0.273. The zero-order chi connectivity index (χ0) is 14.1. The molecule has 0 spiro atoms. The van der Waals surface area contributed by atoms with Gasteiger partial charge in [0.25, 0.3) is 0 Å². The largest absolute Gasteiger partial charge is 0.486 e. The first kappa shape index (κ1) is 12.5. The van der Waals surface area contributed by atoms with Gasteiger partial charge in [-0.2, -0.15) is 0 Å². The van der Waals surface area contributed by atoms with E-state index in [2.05, 4.69) is 6.58 Å². The number of benzene rings is 2. The van der Waals surface area contributed by atoms with Gasteiger partial charge in [0, 0.05) is 0 Å². The van der Waals surface area contributed by atoms with E-state index in [1.54, 1.807) is 30.3 Å². The Labute approximate surface area is 116 Å². The fraction of sp³-hybridized carbons (Fsp3) is 0.118. The maximum absolute atomic E-state index is 12.6. The molecular formula is C17H14O3. The van der Waals surface area contributed by atoms with Crippen molar-refractivity contribution < 1.29 is 9.15 Å². The third-order valence-electron chi connectivity index (χ3n) is 3.21. The smallest absolute Gasteiger partial charge is 0.204 e. The van der Waals surface area contributed by atoms with Crippen molar-refractivity contribution in [1.29, 1.82) is 0 Å². The highest BCUT2D eigenvalue weighted by atomic mass is 16.5. The first-order chi connectivity index (χ1) is 9.70. The molecule has 0 amide bonds. The zero-order valence-corrected chi connectivity index (χ0v) is 11.1. The summed E-state index contributed by atoms with van der Waals surface area (Å²) >= 11 is 0. The highest BCUT2D eigenvalue weighted by Crippen LogP contribution is 2.26. The Bertz CT molecular complexity index is 846. The lowest BCUT2D eigenvalue weighted by Gasteiger charge is -2.12. The second kappa shape index (κ2) is 4.85. The predicted octanol–water partition coefficient (Wildman–Crippen LogP) is 3.90. The molecule has 0 aliphatic rings. The average Bonchev–Trinajstić information content (AvgIpc) is 2.47. The SMILES string of the molecule is C=CC(C)Oc1cccc2oc3ccccc3c(=O)c12. The summed E-state index contributed by atoms with van der Waals surface area (Å²) in [7, 11) is 0. The van der Waals surface area contributed by atoms with E-state index in [0.29, 0.717) is 27.7 Å². The Morgan fingerprint density at radius 1 is 1.15 bits per heavy atom. The van der Waals surface area contributed by atoms with Crippen LogP contribution in [0.2, 0.25) is 0 Å². The van der Waals surface area contributed by atoms with Crippen LogP contribution in [-0.4, -0.2) is 6.10 Å². The van der Waals surface area contributed by atoms with Crippen LogP contribution in [0.5, 0.6) is 5.75 Å². The molecular weight excluding hydrogens is 252 g/mol. The van der Waals surface area contributed by atoms with Gasteiger partial charge >= 0.3 is 0 Å². The maximum atomic E-state index is 12.6. The molecule has 0 fully saturated rings. The molecule has 2 aromatic carbocycles. The fourth-order valence-electron chi connectivity index (χ4n) is 2.16. The Kier molecular flexibility index (Phi) is 3.03. The molecule has 3 aromatic rings. The van der Waals surface area contributed by atoms with Crippen LogP contribution < -0.4 is 10.2 Å². The summed E-state index contributed by atoms with van der Waals surface area (Å²) in [5.41, 5.74) is 1.04. The Morgan fingerprint density at radius 2 is 1.90 bits per heavy atom. The third kappa shape index (κ3) is 1.97. The molecule has 1 heterocycles. The molecule has 0 aliphatic heterocycles. The first-order valence-electron chi connectivity index (χ1n) is 6.44. The Morgan fingerprint density at radius 3 is 2.70 bits per heavy atom. The van der Waals surface area contributed by atoms with Crippen LogP contribution >= 0.6 is 0 Å². The van der Waals surface area contributed by atoms with Gasteiger partial charge < -0.3 is 9.15 Å². The summed E-state index contributed by atoms with van der Waals surface area (Å²) in [6.45, 7) is 5.55. The van der Waals surface area contributed by atoms with E-state index in [9.17, 15) is 4.79 Å². The van der Waals surface area contributed by atoms with Gasteiger partial charge in [-0.25, -0.2) is 0 Å². The van der Waals surface area contributed by atoms with Gasteiger partial charge in [0.15, 0.2) is 0 Å². The summed E-state index contributed by atoms with van der Waals surface area (Å²) in [4.78, 5) is 12.6. The summed E-state index contributed by atoms with van der Waals surface area (Å²) in [6, 6.07) is 12.6. The monoisotopic (exact) mass is 266 g/mol. The molecule has 0 bridgehead atoms. The van der Waals surface area contributed by atoms with E-state index in [1.165, 1.54) is 0 Å². The lowest BCUT2D eigenvalue weighted by atomic mass is 10.1. The van der Waals surface area contributed by atoms with Crippen LogP contribution in [0.3, 0.4) is 0 Å². The van der Waals surface area contributed by atoms with Gasteiger partial charge in [0.2, 0.25) is 5.43 Å². The van der Waals surface area contributed by atoms with Crippen LogP contribution in [0.4, 0.5) is 0 Å². The third-order valence-corrected chi connectivity index (χ3v) is 3.21. The quantitative estimate of drug-likeness (QED) is 0.533. The number of fused-ring (bicyclic) bond motifs is 2. The number of ether oxygens (including phenoxy) is 1. The number of para-hydroxylation sites is 1. The van der Waals surface area contributed by atoms with Gasteiger partial charge in [-0.15, -0.1) is 0 Å². The summed E-state index contributed by atoms with van der Waals surface area (Å²) in [5, 5.41) is 1.03. The van der Waals surface area contributed by atoms with Gasteiger partial charge in [-0.1, -0.05) is 30.9 Å². The summed E-state index contributed by atoms with van der Waals surface area (Å²) in [6.07, 6.45) is 1.51. The number of hydrogen-bond donors (Lipinski definition) is 0. The topological polar surface area (TPSA) is 39.4 Å². The van der Waals surface area contributed by atoms with Crippen LogP contribution in [0.1, 0.15) is 6.92 Å². The zero-order valence-electron chi connectivity index (χ0n) is 11.1. The van der Waals surface area contributed by atoms with E-state index < -0.39 is 0 Å². The molecule has 3 rings (SSSR count). The molecule has 100 valence electrons. The van der Waals surface area contributed by atoms with Crippen molar-refractivity contribution in [3.8, 4) is 5.75 Å². The molecule has 20 heavy (non-hydrogen) atoms. The van der Waals surface area contributed by atoms with E-state index in [4.69, 9.17) is 9.15 Å². The van der Waals surface area contributed by atoms with Crippen molar-refractivity contribution in [2.45, 2.75) is 13.0 Å². The molecule has 3 nitrogen and oxygen atoms in total. The molecule has 0 N–H and O–H groups in total. The summed E-state index contributed by atoms with van der Waals surface area (Å²) < 4.78 is 11.5. The fourth-order valence-corrected chi connectivity index (χ4v) is 2.16. The minimum atomic E-state index is -0.175. The van der Waals surface area contributed by atoms with Crippen molar-refractivity contribution in [2.24, 2.45) is 0 Å². The van der Waals surface area contributed by atoms with Gasteiger partial charge in [-0.3, -0.25) is 4.79 Å². The van der Waals surface area contributed by atoms with E-state index in [-0.39, 0.29) is 11.5 Å². The first-order valence-corrected chi connectivity index (χ1v) is 6.44. The molecule has 0 saturated heterocycles. The molecule has 3 heteroatoms. The minimum absolute atomic E-state index is 0.0753. The highest BCUT2D eigenvalue weighted by molar-refractivity contribution is 5.93. The van der Waals surface area contributed by atoms with E-state index in [0.717, 1.165) is 0 Å². The molecule has 0 aliphatic carbocycles. The van der Waals surface area contributed by atoms with Gasteiger partial charge in [0.1, 0.15) is 28.4 Å². The van der Waals surface area contributed by atoms with Crippen molar-refractivity contribution in [3.05, 3.63) is 65.3 Å². The van der Waals surface area contributed by atoms with Crippen molar-refractivity contribution in [3.63, 3.8) is 0 Å². The van der Waals surface area contributed by atoms with E-state index >= 15 is 0 Å². The van der Waals surface area contributed by atoms with Gasteiger partial charge in [0.05, 0.1) is 5.39 Å². The molecule has 1 unspecified atom stereocenters. The van der Waals surface area contributed by atoms with Crippen LogP contribution in [0.15, 0.2) is 64.3 Å². The van der Waals surface area contributed by atoms with Crippen molar-refractivity contribution in [1.82, 2.24) is 0 Å². The highest BCUT2D eigenvalue weighted by Gasteiger charge is 2.13. The number of rotatable bonds is 3. The molecule has 0 radical (unpaired) electrons. The maximum Gasteiger partial charge on any atom is 0.204 e. The second-order valence-electron chi connectivity index (χ2n) is 4.62. The second-order valence-corrected chi connectivity index (χ2v) is 4.62. The standard InChI is InChI=1S/C17H14O3/c1-3-11(2)19-14-9-6-10-15-16(14)17(18)12-7-4-5-8-13(12)20-15/h3-11H,1H2,2H3.